The SMILES string of the molecule is CCNC(=O)c1cccnc1NN. The van der Waals surface area contributed by atoms with E-state index in [2.05, 4.69) is 15.7 Å². The van der Waals surface area contributed by atoms with Gasteiger partial charge < -0.3 is 10.7 Å². The van der Waals surface area contributed by atoms with E-state index in [9.17, 15) is 4.79 Å². The molecule has 0 fully saturated rings. The second kappa shape index (κ2) is 4.42. The summed E-state index contributed by atoms with van der Waals surface area (Å²) in [6, 6.07) is 3.35. The maximum Gasteiger partial charge on any atom is 0.255 e. The van der Waals surface area contributed by atoms with Gasteiger partial charge in [0.15, 0.2) is 5.82 Å². The minimum atomic E-state index is -0.177. The number of hydrogen-bond donors (Lipinski definition) is 3. The van der Waals surface area contributed by atoms with Crippen LogP contribution in [0.1, 0.15) is 17.3 Å². The molecular weight excluding hydrogens is 168 g/mol. The van der Waals surface area contributed by atoms with Gasteiger partial charge in [-0.3, -0.25) is 4.79 Å². The van der Waals surface area contributed by atoms with Gasteiger partial charge in [-0.15, -0.1) is 0 Å². The molecule has 0 bridgehead atoms. The van der Waals surface area contributed by atoms with Gasteiger partial charge in [-0.1, -0.05) is 0 Å². The number of hydrogen-bond acceptors (Lipinski definition) is 4. The molecule has 5 heteroatoms. The van der Waals surface area contributed by atoms with Crippen LogP contribution in [0.25, 0.3) is 0 Å². The number of anilines is 1. The minimum Gasteiger partial charge on any atom is -0.352 e. The van der Waals surface area contributed by atoms with Crippen molar-refractivity contribution in [3.8, 4) is 0 Å². The van der Waals surface area contributed by atoms with Crippen molar-refractivity contribution >= 4 is 11.7 Å². The maximum atomic E-state index is 11.4. The number of carbonyl (C=O) groups excluding carboxylic acids is 1. The molecule has 0 atom stereocenters. The lowest BCUT2D eigenvalue weighted by Gasteiger charge is -2.06. The fourth-order valence-corrected chi connectivity index (χ4v) is 0.959. The van der Waals surface area contributed by atoms with Crippen LogP contribution in [0.4, 0.5) is 5.82 Å². The third-order valence-corrected chi connectivity index (χ3v) is 1.53. The zero-order valence-electron chi connectivity index (χ0n) is 7.37. The highest BCUT2D eigenvalue weighted by Crippen LogP contribution is 2.08. The number of nitrogen functional groups attached to an aromatic ring is 1. The van der Waals surface area contributed by atoms with E-state index in [1.807, 2.05) is 6.92 Å². The van der Waals surface area contributed by atoms with Crippen LogP contribution in [0.5, 0.6) is 0 Å². The number of nitrogens with zero attached hydrogens (tertiary/aromatic N) is 1. The smallest absolute Gasteiger partial charge is 0.255 e. The number of nitrogens with two attached hydrogens (primary N) is 1. The van der Waals surface area contributed by atoms with Crippen molar-refractivity contribution in [1.82, 2.24) is 10.3 Å². The molecule has 0 unspecified atom stereocenters. The highest BCUT2D eigenvalue weighted by molar-refractivity contribution is 5.98. The second-order valence-electron chi connectivity index (χ2n) is 2.40. The molecule has 1 aromatic heterocycles. The van der Waals surface area contributed by atoms with Gasteiger partial charge in [0.2, 0.25) is 0 Å². The van der Waals surface area contributed by atoms with E-state index in [4.69, 9.17) is 5.84 Å². The predicted octanol–water partition coefficient (Wildman–Crippen LogP) is 0.117. The molecule has 1 rings (SSSR count). The van der Waals surface area contributed by atoms with Crippen LogP contribution in [0.15, 0.2) is 18.3 Å². The van der Waals surface area contributed by atoms with E-state index in [0.717, 1.165) is 0 Å². The summed E-state index contributed by atoms with van der Waals surface area (Å²) in [5.41, 5.74) is 2.81. The van der Waals surface area contributed by atoms with Crippen LogP contribution in [-0.4, -0.2) is 17.4 Å². The summed E-state index contributed by atoms with van der Waals surface area (Å²) in [6.45, 7) is 2.43. The summed E-state index contributed by atoms with van der Waals surface area (Å²) in [6.07, 6.45) is 1.57. The van der Waals surface area contributed by atoms with Gasteiger partial charge in [0.1, 0.15) is 0 Å². The van der Waals surface area contributed by atoms with E-state index in [1.165, 1.54) is 0 Å². The van der Waals surface area contributed by atoms with Crippen LogP contribution in [0, 0.1) is 0 Å². The molecule has 70 valence electrons. The van der Waals surface area contributed by atoms with E-state index in [1.54, 1.807) is 18.3 Å². The van der Waals surface area contributed by atoms with Crippen molar-refractivity contribution < 1.29 is 4.79 Å². The van der Waals surface area contributed by atoms with E-state index in [0.29, 0.717) is 17.9 Å². The summed E-state index contributed by atoms with van der Waals surface area (Å²) >= 11 is 0. The largest absolute Gasteiger partial charge is 0.352 e. The number of hydrazine groups is 1. The van der Waals surface area contributed by atoms with Gasteiger partial charge in [0.25, 0.3) is 5.91 Å². The van der Waals surface area contributed by atoms with Crippen molar-refractivity contribution in [2.45, 2.75) is 6.92 Å². The Balaban J connectivity index is 2.92. The standard InChI is InChI=1S/C8H12N4O/c1-2-10-8(13)6-4-3-5-11-7(6)12-9/h3-5H,2,9H2,1H3,(H,10,13)(H,11,12). The molecule has 1 heterocycles. The quantitative estimate of drug-likeness (QED) is 0.456. The van der Waals surface area contributed by atoms with E-state index >= 15 is 0 Å². The van der Waals surface area contributed by atoms with E-state index < -0.39 is 0 Å². The predicted molar refractivity (Wildman–Crippen MR) is 50.1 cm³/mol. The van der Waals surface area contributed by atoms with Crippen LogP contribution >= 0.6 is 0 Å². The first-order chi connectivity index (χ1) is 6.29. The lowest BCUT2D eigenvalue weighted by Crippen LogP contribution is -2.25. The van der Waals surface area contributed by atoms with Crippen LogP contribution in [0.2, 0.25) is 0 Å². The molecule has 13 heavy (non-hydrogen) atoms. The van der Waals surface area contributed by atoms with Gasteiger partial charge in [-0.05, 0) is 19.1 Å². The van der Waals surface area contributed by atoms with Crippen molar-refractivity contribution in [2.75, 3.05) is 12.0 Å². The Morgan fingerprint density at radius 2 is 2.46 bits per heavy atom. The number of nitrogens with one attached hydrogen (secondary N) is 2. The first-order valence-corrected chi connectivity index (χ1v) is 3.99. The summed E-state index contributed by atoms with van der Waals surface area (Å²) in [4.78, 5) is 15.3. The Bertz CT molecular complexity index is 300. The molecule has 0 aliphatic carbocycles. The maximum absolute atomic E-state index is 11.4. The molecule has 4 N–H and O–H groups in total. The molecule has 5 nitrogen and oxygen atoms in total. The topological polar surface area (TPSA) is 80.0 Å². The third-order valence-electron chi connectivity index (χ3n) is 1.53. The second-order valence-corrected chi connectivity index (χ2v) is 2.40. The number of amides is 1. The normalized spacial score (nSPS) is 9.38. The monoisotopic (exact) mass is 180 g/mol. The summed E-state index contributed by atoms with van der Waals surface area (Å²) in [7, 11) is 0. The molecule has 0 saturated carbocycles. The number of rotatable bonds is 3. The van der Waals surface area contributed by atoms with Crippen LogP contribution in [0.3, 0.4) is 0 Å². The van der Waals surface area contributed by atoms with Crippen LogP contribution < -0.4 is 16.6 Å². The Morgan fingerprint density at radius 3 is 3.08 bits per heavy atom. The molecule has 0 saturated heterocycles. The Labute approximate surface area is 76.3 Å². The molecule has 1 aromatic rings. The molecule has 0 spiro atoms. The highest BCUT2D eigenvalue weighted by Gasteiger charge is 2.09. The summed E-state index contributed by atoms with van der Waals surface area (Å²) in [5.74, 6) is 5.40. The molecule has 0 aliphatic rings. The first kappa shape index (κ1) is 9.47. The fourth-order valence-electron chi connectivity index (χ4n) is 0.959. The fraction of sp³-hybridized carbons (Fsp3) is 0.250. The first-order valence-electron chi connectivity index (χ1n) is 3.99. The Kier molecular flexibility index (Phi) is 3.22. The Morgan fingerprint density at radius 1 is 1.69 bits per heavy atom. The molecule has 1 amide bonds. The number of aromatic nitrogens is 1. The van der Waals surface area contributed by atoms with Crippen LogP contribution in [-0.2, 0) is 0 Å². The van der Waals surface area contributed by atoms with Gasteiger partial charge >= 0.3 is 0 Å². The minimum absolute atomic E-state index is 0.177. The third kappa shape index (κ3) is 2.16. The number of pyridine rings is 1. The van der Waals surface area contributed by atoms with Crippen molar-refractivity contribution in [1.29, 1.82) is 0 Å². The van der Waals surface area contributed by atoms with Gasteiger partial charge in [-0.25, -0.2) is 10.8 Å². The zero-order chi connectivity index (χ0) is 9.68. The molecule has 0 aliphatic heterocycles. The lowest BCUT2D eigenvalue weighted by atomic mass is 10.2. The van der Waals surface area contributed by atoms with Gasteiger partial charge in [0.05, 0.1) is 5.56 Å². The zero-order valence-corrected chi connectivity index (χ0v) is 7.37. The van der Waals surface area contributed by atoms with Crippen molar-refractivity contribution in [2.24, 2.45) is 5.84 Å². The average Bonchev–Trinajstić information content (AvgIpc) is 2.18. The number of carbonyl (C=O) groups is 1. The summed E-state index contributed by atoms with van der Waals surface area (Å²) < 4.78 is 0. The van der Waals surface area contributed by atoms with Crippen molar-refractivity contribution in [3.63, 3.8) is 0 Å². The van der Waals surface area contributed by atoms with Crippen molar-refractivity contribution in [3.05, 3.63) is 23.9 Å². The summed E-state index contributed by atoms with van der Waals surface area (Å²) in [5, 5.41) is 2.66. The van der Waals surface area contributed by atoms with E-state index in [-0.39, 0.29) is 5.91 Å². The molecule has 0 aromatic carbocycles. The Hall–Kier alpha value is -1.62. The highest BCUT2D eigenvalue weighted by atomic mass is 16.1. The molecule has 0 radical (unpaired) electrons. The van der Waals surface area contributed by atoms with Gasteiger partial charge in [0, 0.05) is 12.7 Å². The molecular formula is C8H12N4O. The average molecular weight is 180 g/mol. The lowest BCUT2D eigenvalue weighted by molar-refractivity contribution is 0.0956. The van der Waals surface area contributed by atoms with Gasteiger partial charge in [-0.2, -0.15) is 0 Å².